The molecule has 1 atom stereocenters. The van der Waals surface area contributed by atoms with Crippen LogP contribution in [0.1, 0.15) is 23.6 Å². The fraction of sp³-hybridized carbons (Fsp3) is 0.368. The number of aryl methyl sites for hydroxylation is 2. The molecule has 0 saturated heterocycles. The van der Waals surface area contributed by atoms with Gasteiger partial charge in [0.1, 0.15) is 0 Å². The van der Waals surface area contributed by atoms with Crippen LogP contribution in [0.25, 0.3) is 11.1 Å². The number of hydrogen-bond donors (Lipinski definition) is 0. The molecule has 0 heterocycles. The molecule has 2 rings (SSSR count). The molecule has 0 amide bonds. The summed E-state index contributed by atoms with van der Waals surface area (Å²) in [6, 6.07) is 6.63. The van der Waals surface area contributed by atoms with Gasteiger partial charge in [0, 0.05) is 16.1 Å². The van der Waals surface area contributed by atoms with E-state index in [2.05, 4.69) is 0 Å². The van der Waals surface area contributed by atoms with Crippen molar-refractivity contribution >= 4 is 11.6 Å². The highest BCUT2D eigenvalue weighted by atomic mass is 35.5. The van der Waals surface area contributed by atoms with Gasteiger partial charge >= 0.3 is 23.9 Å². The number of halogens is 10. The van der Waals surface area contributed by atoms with E-state index >= 15 is 4.39 Å². The minimum absolute atomic E-state index is 0.0580. The van der Waals surface area contributed by atoms with Crippen molar-refractivity contribution in [1.82, 2.24) is 0 Å². The van der Waals surface area contributed by atoms with Crippen molar-refractivity contribution in [3.8, 4) is 11.1 Å². The fourth-order valence-electron chi connectivity index (χ4n) is 3.09. The summed E-state index contributed by atoms with van der Waals surface area (Å²) < 4.78 is 123. The zero-order valence-electron chi connectivity index (χ0n) is 15.0. The summed E-state index contributed by atoms with van der Waals surface area (Å²) in [7, 11) is 0. The first-order valence-corrected chi connectivity index (χ1v) is 8.56. The topological polar surface area (TPSA) is 0 Å². The van der Waals surface area contributed by atoms with Crippen molar-refractivity contribution in [2.45, 2.75) is 44.2 Å². The molecule has 0 aliphatic heterocycles. The maximum absolute atomic E-state index is 15.2. The van der Waals surface area contributed by atoms with Gasteiger partial charge in [-0.1, -0.05) is 54.4 Å². The van der Waals surface area contributed by atoms with Crippen LogP contribution >= 0.6 is 11.6 Å². The maximum Gasteiger partial charge on any atom is 0.457 e. The largest absolute Gasteiger partial charge is 0.457 e. The molecule has 1 unspecified atom stereocenters. The average Bonchev–Trinajstić information content (AvgIpc) is 2.58. The van der Waals surface area contributed by atoms with Crippen LogP contribution in [0.3, 0.4) is 0 Å². The monoisotopic (exact) mass is 448 g/mol. The lowest BCUT2D eigenvalue weighted by molar-refractivity contribution is -0.389. The SMILES string of the molecule is CCc1cc(C)cc(C(F)(C(F)(F)F)C(F)(F)C(F)(F)F)c1-c1ccccc1Cl. The highest BCUT2D eigenvalue weighted by Crippen LogP contribution is 2.60. The van der Waals surface area contributed by atoms with Crippen molar-refractivity contribution < 1.29 is 39.5 Å². The third-order valence-electron chi connectivity index (χ3n) is 4.44. The molecular weight excluding hydrogens is 435 g/mol. The lowest BCUT2D eigenvalue weighted by Crippen LogP contribution is -2.60. The molecular formula is C19H14ClF9. The van der Waals surface area contributed by atoms with Gasteiger partial charge in [-0.15, -0.1) is 0 Å². The van der Waals surface area contributed by atoms with Gasteiger partial charge in [-0.2, -0.15) is 35.1 Å². The Labute approximate surface area is 165 Å². The van der Waals surface area contributed by atoms with Crippen molar-refractivity contribution in [3.05, 3.63) is 58.1 Å². The van der Waals surface area contributed by atoms with E-state index in [4.69, 9.17) is 11.6 Å². The third kappa shape index (κ3) is 3.69. The third-order valence-corrected chi connectivity index (χ3v) is 4.77. The van der Waals surface area contributed by atoms with Gasteiger partial charge in [-0.25, -0.2) is 4.39 Å². The molecule has 0 aliphatic rings. The van der Waals surface area contributed by atoms with Crippen LogP contribution in [0.4, 0.5) is 39.5 Å². The van der Waals surface area contributed by atoms with Gasteiger partial charge in [0.05, 0.1) is 0 Å². The van der Waals surface area contributed by atoms with Crippen LogP contribution in [-0.2, 0) is 12.1 Å². The quantitative estimate of drug-likeness (QED) is 0.418. The van der Waals surface area contributed by atoms with E-state index in [0.29, 0.717) is 6.07 Å². The molecule has 29 heavy (non-hydrogen) atoms. The molecule has 0 spiro atoms. The van der Waals surface area contributed by atoms with Crippen molar-refractivity contribution in [2.75, 3.05) is 0 Å². The van der Waals surface area contributed by atoms with Crippen LogP contribution < -0.4 is 0 Å². The van der Waals surface area contributed by atoms with Crippen LogP contribution in [-0.4, -0.2) is 18.3 Å². The van der Waals surface area contributed by atoms with Gasteiger partial charge in [0.15, 0.2) is 0 Å². The molecule has 0 bridgehead atoms. The highest BCUT2D eigenvalue weighted by molar-refractivity contribution is 6.33. The minimum Gasteiger partial charge on any atom is -0.221 e. The molecule has 0 nitrogen and oxygen atoms in total. The normalized spacial score (nSPS) is 15.3. The zero-order valence-corrected chi connectivity index (χ0v) is 15.7. The summed E-state index contributed by atoms with van der Waals surface area (Å²) >= 11 is 5.95. The summed E-state index contributed by atoms with van der Waals surface area (Å²) in [6.45, 7) is 2.61. The Balaban J connectivity index is 3.08. The molecule has 0 N–H and O–H groups in total. The molecule has 2 aromatic rings. The first kappa shape index (κ1) is 23.4. The Hall–Kier alpha value is -1.90. The second kappa shape index (κ2) is 7.41. The van der Waals surface area contributed by atoms with E-state index in [1.807, 2.05) is 0 Å². The second-order valence-electron chi connectivity index (χ2n) is 6.41. The van der Waals surface area contributed by atoms with E-state index in [1.54, 1.807) is 0 Å². The standard InChI is InChI=1S/C19H14ClF9/c1-3-11-8-10(2)9-13(15(11)12-6-4-5-7-14(12)20)16(21,18(24,25)26)17(22,23)19(27,28)29/h4-9H,3H2,1-2H3. The number of alkyl halides is 9. The molecule has 0 saturated carbocycles. The minimum atomic E-state index is -6.80. The van der Waals surface area contributed by atoms with Gasteiger partial charge in [0.2, 0.25) is 0 Å². The van der Waals surface area contributed by atoms with Gasteiger partial charge in [-0.05, 0) is 30.5 Å². The van der Waals surface area contributed by atoms with Gasteiger partial charge in [-0.3, -0.25) is 0 Å². The Kier molecular flexibility index (Phi) is 5.98. The molecule has 0 aromatic heterocycles. The first-order valence-electron chi connectivity index (χ1n) is 8.18. The van der Waals surface area contributed by atoms with Crippen LogP contribution in [0.5, 0.6) is 0 Å². The molecule has 0 fully saturated rings. The Bertz CT molecular complexity index is 900. The fourth-order valence-corrected chi connectivity index (χ4v) is 3.32. The summed E-state index contributed by atoms with van der Waals surface area (Å²) in [4.78, 5) is 0. The molecule has 0 aliphatic carbocycles. The summed E-state index contributed by atoms with van der Waals surface area (Å²) in [5, 5.41) is -0.229. The van der Waals surface area contributed by atoms with E-state index in [0.717, 1.165) is 6.07 Å². The highest BCUT2D eigenvalue weighted by Gasteiger charge is 2.82. The van der Waals surface area contributed by atoms with E-state index in [9.17, 15) is 35.1 Å². The van der Waals surface area contributed by atoms with E-state index < -0.39 is 35.1 Å². The van der Waals surface area contributed by atoms with Crippen molar-refractivity contribution in [3.63, 3.8) is 0 Å². The summed E-state index contributed by atoms with van der Waals surface area (Å²) in [5.41, 5.74) is -9.08. The van der Waals surface area contributed by atoms with Crippen LogP contribution in [0.2, 0.25) is 5.02 Å². The Morgan fingerprint density at radius 3 is 1.83 bits per heavy atom. The lowest BCUT2D eigenvalue weighted by Gasteiger charge is -2.38. The van der Waals surface area contributed by atoms with Crippen LogP contribution in [0, 0.1) is 6.92 Å². The zero-order chi connectivity index (χ0) is 22.4. The predicted molar refractivity (Wildman–Crippen MR) is 90.8 cm³/mol. The predicted octanol–water partition coefficient (Wildman–Crippen LogP) is 7.80. The smallest absolute Gasteiger partial charge is 0.221 e. The molecule has 160 valence electrons. The van der Waals surface area contributed by atoms with E-state index in [1.165, 1.54) is 38.1 Å². The first-order chi connectivity index (χ1) is 13.1. The van der Waals surface area contributed by atoms with Gasteiger partial charge < -0.3 is 0 Å². The summed E-state index contributed by atoms with van der Waals surface area (Å²) in [5.74, 6) is -6.76. The molecule has 10 heteroatoms. The average molecular weight is 449 g/mol. The van der Waals surface area contributed by atoms with Gasteiger partial charge in [0.25, 0.3) is 0 Å². The Morgan fingerprint density at radius 1 is 0.828 bits per heavy atom. The Morgan fingerprint density at radius 2 is 1.38 bits per heavy atom. The number of benzene rings is 2. The second-order valence-corrected chi connectivity index (χ2v) is 6.82. The van der Waals surface area contributed by atoms with Crippen molar-refractivity contribution in [1.29, 1.82) is 0 Å². The van der Waals surface area contributed by atoms with Crippen molar-refractivity contribution in [2.24, 2.45) is 0 Å². The number of hydrogen-bond acceptors (Lipinski definition) is 0. The summed E-state index contributed by atoms with van der Waals surface area (Å²) in [6.07, 6.45) is -13.5. The molecule has 2 aromatic carbocycles. The van der Waals surface area contributed by atoms with Crippen LogP contribution in [0.15, 0.2) is 36.4 Å². The van der Waals surface area contributed by atoms with E-state index in [-0.39, 0.29) is 28.1 Å². The molecule has 0 radical (unpaired) electrons. The lowest BCUT2D eigenvalue weighted by atomic mass is 9.79. The maximum atomic E-state index is 15.2. The number of rotatable bonds is 4.